The van der Waals surface area contributed by atoms with E-state index in [4.69, 9.17) is 4.52 Å². The van der Waals surface area contributed by atoms with Gasteiger partial charge in [0.15, 0.2) is 0 Å². The number of para-hydroxylation sites is 2. The molecule has 3 rings (SSSR count). The van der Waals surface area contributed by atoms with E-state index in [1.165, 1.54) is 0 Å². The monoisotopic (exact) mass is 299 g/mol. The van der Waals surface area contributed by atoms with Crippen LogP contribution in [0.25, 0.3) is 0 Å². The Morgan fingerprint density at radius 1 is 1.36 bits per heavy atom. The van der Waals surface area contributed by atoms with Gasteiger partial charge in [-0.25, -0.2) is 0 Å². The number of benzene rings is 1. The molecular formula is C16H17N3O3. The number of amides is 2. The maximum Gasteiger partial charge on any atom is 0.263 e. The minimum absolute atomic E-state index is 0.0958. The average molecular weight is 299 g/mol. The second-order valence-electron chi connectivity index (χ2n) is 5.52. The van der Waals surface area contributed by atoms with Crippen LogP contribution in [0, 0.1) is 19.8 Å². The van der Waals surface area contributed by atoms with Crippen molar-refractivity contribution < 1.29 is 14.1 Å². The molecule has 1 aromatic heterocycles. The first kappa shape index (κ1) is 14.3. The first-order valence-corrected chi connectivity index (χ1v) is 7.13. The van der Waals surface area contributed by atoms with Crippen LogP contribution >= 0.6 is 0 Å². The van der Waals surface area contributed by atoms with Crippen LogP contribution in [0.5, 0.6) is 0 Å². The van der Waals surface area contributed by atoms with Gasteiger partial charge in [0.2, 0.25) is 5.91 Å². The van der Waals surface area contributed by atoms with Gasteiger partial charge < -0.3 is 14.7 Å². The van der Waals surface area contributed by atoms with Crippen molar-refractivity contribution in [2.75, 3.05) is 16.8 Å². The molecule has 0 unspecified atom stereocenters. The number of aryl methyl sites for hydroxylation is 2. The Bertz CT molecular complexity index is 731. The van der Waals surface area contributed by atoms with Crippen LogP contribution in [-0.2, 0) is 4.79 Å². The van der Waals surface area contributed by atoms with E-state index in [0.717, 1.165) is 0 Å². The molecule has 1 aliphatic rings. The summed E-state index contributed by atoms with van der Waals surface area (Å²) in [5.41, 5.74) is 2.33. The molecule has 0 spiro atoms. The fraction of sp³-hybridized carbons (Fsp3) is 0.312. The fourth-order valence-electron chi connectivity index (χ4n) is 2.64. The molecule has 0 fully saturated rings. The van der Waals surface area contributed by atoms with Crippen LogP contribution < -0.4 is 10.2 Å². The van der Waals surface area contributed by atoms with Crippen LogP contribution in [0.4, 0.5) is 11.4 Å². The lowest BCUT2D eigenvalue weighted by Crippen LogP contribution is -2.36. The van der Waals surface area contributed by atoms with Crippen LogP contribution in [0.3, 0.4) is 0 Å². The smallest absolute Gasteiger partial charge is 0.263 e. The van der Waals surface area contributed by atoms with E-state index in [1.54, 1.807) is 31.7 Å². The molecule has 0 saturated carbocycles. The maximum atomic E-state index is 13.0. The van der Waals surface area contributed by atoms with Gasteiger partial charge in [-0.3, -0.25) is 9.59 Å². The third-order valence-electron chi connectivity index (χ3n) is 3.85. The summed E-state index contributed by atoms with van der Waals surface area (Å²) in [5.74, 6) is -0.124. The summed E-state index contributed by atoms with van der Waals surface area (Å²) in [4.78, 5) is 26.7. The zero-order chi connectivity index (χ0) is 15.9. The van der Waals surface area contributed by atoms with E-state index in [9.17, 15) is 9.59 Å². The van der Waals surface area contributed by atoms with Crippen molar-refractivity contribution in [2.24, 2.45) is 5.92 Å². The summed E-state index contributed by atoms with van der Waals surface area (Å²) in [6, 6.07) is 7.28. The molecule has 22 heavy (non-hydrogen) atoms. The van der Waals surface area contributed by atoms with Crippen molar-refractivity contribution in [3.05, 3.63) is 41.3 Å². The molecule has 1 N–H and O–H groups in total. The van der Waals surface area contributed by atoms with Crippen molar-refractivity contribution in [1.82, 2.24) is 5.16 Å². The van der Waals surface area contributed by atoms with E-state index in [0.29, 0.717) is 34.9 Å². The van der Waals surface area contributed by atoms with Crippen LogP contribution in [0.2, 0.25) is 0 Å². The number of aromatic nitrogens is 1. The molecule has 6 nitrogen and oxygen atoms in total. The van der Waals surface area contributed by atoms with Crippen molar-refractivity contribution in [2.45, 2.75) is 20.8 Å². The number of nitrogens with zero attached hydrogens (tertiary/aromatic N) is 2. The lowest BCUT2D eigenvalue weighted by atomic mass is 10.1. The van der Waals surface area contributed by atoms with Gasteiger partial charge in [-0.05, 0) is 26.0 Å². The molecule has 0 aliphatic carbocycles. The van der Waals surface area contributed by atoms with E-state index in [1.807, 2.05) is 18.2 Å². The Balaban J connectivity index is 2.09. The predicted molar refractivity (Wildman–Crippen MR) is 81.9 cm³/mol. The quantitative estimate of drug-likeness (QED) is 0.878. The van der Waals surface area contributed by atoms with Gasteiger partial charge in [0, 0.05) is 6.54 Å². The minimum Gasteiger partial charge on any atom is -0.361 e. The number of rotatable bonds is 1. The maximum absolute atomic E-state index is 13.0. The van der Waals surface area contributed by atoms with Crippen LogP contribution in [0.15, 0.2) is 28.8 Å². The summed E-state index contributed by atoms with van der Waals surface area (Å²) in [6.07, 6.45) is 0. The summed E-state index contributed by atoms with van der Waals surface area (Å²) in [7, 11) is 0. The van der Waals surface area contributed by atoms with Crippen molar-refractivity contribution >= 4 is 23.2 Å². The van der Waals surface area contributed by atoms with Crippen molar-refractivity contribution in [3.8, 4) is 0 Å². The molecule has 114 valence electrons. The Kier molecular flexibility index (Phi) is 3.44. The van der Waals surface area contributed by atoms with Gasteiger partial charge in [0.1, 0.15) is 11.3 Å². The van der Waals surface area contributed by atoms with E-state index in [-0.39, 0.29) is 17.7 Å². The lowest BCUT2D eigenvalue weighted by molar-refractivity contribution is -0.119. The SMILES string of the molecule is Cc1noc(C)c1C(=O)N1C[C@@H](C)C(=O)Nc2ccccc21. The second-order valence-corrected chi connectivity index (χ2v) is 5.52. The van der Waals surface area contributed by atoms with Gasteiger partial charge in [0.05, 0.1) is 23.0 Å². The van der Waals surface area contributed by atoms with Crippen molar-refractivity contribution in [1.29, 1.82) is 0 Å². The Labute approximate surface area is 128 Å². The third kappa shape index (κ3) is 2.26. The van der Waals surface area contributed by atoms with Gasteiger partial charge in [0.25, 0.3) is 5.91 Å². The largest absolute Gasteiger partial charge is 0.361 e. The van der Waals surface area contributed by atoms with Gasteiger partial charge in [-0.1, -0.05) is 24.2 Å². The highest BCUT2D eigenvalue weighted by Gasteiger charge is 2.31. The first-order chi connectivity index (χ1) is 10.5. The molecule has 2 aromatic rings. The van der Waals surface area contributed by atoms with Crippen LogP contribution in [-0.4, -0.2) is 23.5 Å². The molecule has 0 bridgehead atoms. The topological polar surface area (TPSA) is 75.4 Å². The molecule has 0 radical (unpaired) electrons. The van der Waals surface area contributed by atoms with Gasteiger partial charge in [-0.15, -0.1) is 0 Å². The highest BCUT2D eigenvalue weighted by Crippen LogP contribution is 2.31. The summed E-state index contributed by atoms with van der Waals surface area (Å²) >= 11 is 0. The highest BCUT2D eigenvalue weighted by molar-refractivity contribution is 6.11. The normalized spacial score (nSPS) is 17.7. The number of carbonyl (C=O) groups excluding carboxylic acids is 2. The molecule has 1 atom stereocenters. The van der Waals surface area contributed by atoms with Crippen molar-refractivity contribution in [3.63, 3.8) is 0 Å². The molecule has 6 heteroatoms. The van der Waals surface area contributed by atoms with E-state index >= 15 is 0 Å². The molecular weight excluding hydrogens is 282 g/mol. The van der Waals surface area contributed by atoms with Gasteiger partial charge >= 0.3 is 0 Å². The second kappa shape index (κ2) is 5.29. The van der Waals surface area contributed by atoms with E-state index in [2.05, 4.69) is 10.5 Å². The van der Waals surface area contributed by atoms with E-state index < -0.39 is 0 Å². The number of anilines is 2. The molecule has 2 amide bonds. The lowest BCUT2D eigenvalue weighted by Gasteiger charge is -2.23. The average Bonchev–Trinajstić information content (AvgIpc) is 2.76. The third-order valence-corrected chi connectivity index (χ3v) is 3.85. The predicted octanol–water partition coefficient (Wildman–Crippen LogP) is 2.53. The van der Waals surface area contributed by atoms with Crippen LogP contribution in [0.1, 0.15) is 28.7 Å². The number of fused-ring (bicyclic) bond motifs is 1. The molecule has 0 saturated heterocycles. The fourth-order valence-corrected chi connectivity index (χ4v) is 2.64. The first-order valence-electron chi connectivity index (χ1n) is 7.13. The Morgan fingerprint density at radius 2 is 2.09 bits per heavy atom. The molecule has 1 aliphatic heterocycles. The zero-order valence-electron chi connectivity index (χ0n) is 12.7. The standard InChI is InChI=1S/C16H17N3O3/c1-9-8-19(16(21)14-10(2)18-22-11(14)3)13-7-5-4-6-12(13)17-15(9)20/h4-7,9H,8H2,1-3H3,(H,17,20)/t9-/m1/s1. The molecule has 1 aromatic carbocycles. The summed E-state index contributed by atoms with van der Waals surface area (Å²) < 4.78 is 5.09. The van der Waals surface area contributed by atoms with Gasteiger partial charge in [-0.2, -0.15) is 0 Å². The Morgan fingerprint density at radius 3 is 2.77 bits per heavy atom. The highest BCUT2D eigenvalue weighted by atomic mass is 16.5. The summed E-state index contributed by atoms with van der Waals surface area (Å²) in [6.45, 7) is 5.56. The minimum atomic E-state index is -0.308. The molecule has 2 heterocycles. The number of hydrogen-bond donors (Lipinski definition) is 1. The zero-order valence-corrected chi connectivity index (χ0v) is 12.7. The summed E-state index contributed by atoms with van der Waals surface area (Å²) in [5, 5.41) is 6.70. The number of hydrogen-bond acceptors (Lipinski definition) is 4. The number of carbonyl (C=O) groups is 2. The number of nitrogens with one attached hydrogen (secondary N) is 1. The Hall–Kier alpha value is -2.63.